The maximum Gasteiger partial charge on any atom is 0.335 e. The highest BCUT2D eigenvalue weighted by Gasteiger charge is 2.15. The lowest BCUT2D eigenvalue weighted by Crippen LogP contribution is -2.20. The highest BCUT2D eigenvalue weighted by molar-refractivity contribution is 6.12. The third-order valence-electron chi connectivity index (χ3n) is 3.17. The van der Waals surface area contributed by atoms with Crippen molar-refractivity contribution in [2.45, 2.75) is 0 Å². The Kier molecular flexibility index (Phi) is 4.35. The Morgan fingerprint density at radius 2 is 1.57 bits per heavy atom. The number of nitrogens with zero attached hydrogens (tertiary/aromatic N) is 1. The zero-order chi connectivity index (χ0) is 15.4. The van der Waals surface area contributed by atoms with E-state index in [-0.39, 0.29) is 18.1 Å². The Morgan fingerprint density at radius 3 is 2.14 bits per heavy atom. The maximum atomic E-state index is 12.5. The van der Waals surface area contributed by atoms with Gasteiger partial charge in [0.15, 0.2) is 5.78 Å². The molecule has 0 aliphatic carbocycles. The standard InChI is InChI=1S/C16H15NO4/c1-17(10-18)14-5-3-2-4-13(14)15(19)11-6-8-12(9-7-11)16(20)21/h2-9,18H,10H2,1H3,(H,20,21). The van der Waals surface area contributed by atoms with E-state index in [4.69, 9.17) is 5.11 Å². The summed E-state index contributed by atoms with van der Waals surface area (Å²) >= 11 is 0. The van der Waals surface area contributed by atoms with E-state index in [9.17, 15) is 14.7 Å². The molecule has 0 fully saturated rings. The van der Waals surface area contributed by atoms with Crippen molar-refractivity contribution in [1.29, 1.82) is 0 Å². The number of aliphatic hydroxyl groups is 1. The summed E-state index contributed by atoms with van der Waals surface area (Å²) in [5.74, 6) is -1.25. The molecule has 0 atom stereocenters. The number of anilines is 1. The van der Waals surface area contributed by atoms with Gasteiger partial charge in [0.1, 0.15) is 6.73 Å². The zero-order valence-electron chi connectivity index (χ0n) is 11.5. The summed E-state index contributed by atoms with van der Waals surface area (Å²) < 4.78 is 0. The van der Waals surface area contributed by atoms with Gasteiger partial charge in [0.25, 0.3) is 0 Å². The zero-order valence-corrected chi connectivity index (χ0v) is 11.5. The van der Waals surface area contributed by atoms with Gasteiger partial charge in [-0.15, -0.1) is 0 Å². The smallest absolute Gasteiger partial charge is 0.335 e. The Morgan fingerprint density at radius 1 is 1.00 bits per heavy atom. The van der Waals surface area contributed by atoms with E-state index in [0.29, 0.717) is 16.8 Å². The molecular formula is C16H15NO4. The first-order valence-corrected chi connectivity index (χ1v) is 6.33. The number of carboxylic acids is 1. The Balaban J connectivity index is 2.38. The van der Waals surface area contributed by atoms with E-state index < -0.39 is 5.97 Å². The fraction of sp³-hybridized carbons (Fsp3) is 0.125. The van der Waals surface area contributed by atoms with Gasteiger partial charge in [0, 0.05) is 23.9 Å². The molecule has 2 aromatic carbocycles. The minimum Gasteiger partial charge on any atom is -0.478 e. The molecule has 0 saturated carbocycles. The minimum absolute atomic E-state index is 0.132. The SMILES string of the molecule is CN(CO)c1ccccc1C(=O)c1ccc(C(=O)O)cc1. The average molecular weight is 285 g/mol. The number of aliphatic hydroxyl groups excluding tert-OH is 1. The molecule has 0 spiro atoms. The lowest BCUT2D eigenvalue weighted by molar-refractivity contribution is 0.0696. The van der Waals surface area contributed by atoms with E-state index >= 15 is 0 Å². The largest absolute Gasteiger partial charge is 0.478 e. The molecule has 0 aromatic heterocycles. The highest BCUT2D eigenvalue weighted by atomic mass is 16.4. The summed E-state index contributed by atoms with van der Waals surface area (Å²) in [4.78, 5) is 24.9. The fourth-order valence-electron chi connectivity index (χ4n) is 1.99. The Hall–Kier alpha value is -2.66. The molecule has 0 aliphatic rings. The number of para-hydroxylation sites is 1. The fourth-order valence-corrected chi connectivity index (χ4v) is 1.99. The predicted octanol–water partition coefficient (Wildman–Crippen LogP) is 2.00. The summed E-state index contributed by atoms with van der Waals surface area (Å²) in [7, 11) is 1.68. The molecule has 108 valence electrons. The van der Waals surface area contributed by atoms with Crippen LogP contribution in [-0.2, 0) is 0 Å². The van der Waals surface area contributed by atoms with Gasteiger partial charge < -0.3 is 15.1 Å². The van der Waals surface area contributed by atoms with Crippen molar-refractivity contribution in [2.24, 2.45) is 0 Å². The number of carbonyl (C=O) groups excluding carboxylic acids is 1. The molecule has 0 aliphatic heterocycles. The van der Waals surface area contributed by atoms with E-state index in [1.54, 1.807) is 36.2 Å². The first kappa shape index (κ1) is 14.7. The lowest BCUT2D eigenvalue weighted by atomic mass is 10.00. The quantitative estimate of drug-likeness (QED) is 0.649. The molecule has 0 radical (unpaired) electrons. The van der Waals surface area contributed by atoms with Crippen molar-refractivity contribution < 1.29 is 19.8 Å². The normalized spacial score (nSPS) is 10.2. The van der Waals surface area contributed by atoms with Crippen LogP contribution in [0.5, 0.6) is 0 Å². The van der Waals surface area contributed by atoms with Crippen LogP contribution in [0.2, 0.25) is 0 Å². The molecule has 0 amide bonds. The van der Waals surface area contributed by atoms with Crippen LogP contribution >= 0.6 is 0 Å². The van der Waals surface area contributed by atoms with Crippen molar-refractivity contribution in [3.8, 4) is 0 Å². The molecule has 0 saturated heterocycles. The molecule has 0 heterocycles. The van der Waals surface area contributed by atoms with Crippen molar-refractivity contribution in [2.75, 3.05) is 18.7 Å². The van der Waals surface area contributed by atoms with Crippen LogP contribution in [0.25, 0.3) is 0 Å². The second-order valence-corrected chi connectivity index (χ2v) is 4.57. The Bertz CT molecular complexity index is 664. The van der Waals surface area contributed by atoms with Gasteiger partial charge in [-0.1, -0.05) is 24.3 Å². The summed E-state index contributed by atoms with van der Waals surface area (Å²) in [5, 5.41) is 18.1. The van der Waals surface area contributed by atoms with Crippen molar-refractivity contribution >= 4 is 17.4 Å². The van der Waals surface area contributed by atoms with Gasteiger partial charge in [-0.2, -0.15) is 0 Å². The van der Waals surface area contributed by atoms with Gasteiger partial charge in [0.05, 0.1) is 5.56 Å². The molecule has 0 bridgehead atoms. The van der Waals surface area contributed by atoms with Gasteiger partial charge >= 0.3 is 5.97 Å². The number of ketones is 1. The van der Waals surface area contributed by atoms with Gasteiger partial charge in [-0.3, -0.25) is 4.79 Å². The van der Waals surface area contributed by atoms with Crippen LogP contribution < -0.4 is 4.90 Å². The number of benzene rings is 2. The van der Waals surface area contributed by atoms with Crippen LogP contribution in [0, 0.1) is 0 Å². The third kappa shape index (κ3) is 3.09. The predicted molar refractivity (Wildman–Crippen MR) is 78.8 cm³/mol. The number of carboxylic acid groups (broad SMARTS) is 1. The van der Waals surface area contributed by atoms with Crippen molar-refractivity contribution in [3.05, 3.63) is 65.2 Å². The summed E-state index contributed by atoms with van der Waals surface area (Å²) in [6, 6.07) is 12.7. The first-order chi connectivity index (χ1) is 10.0. The number of rotatable bonds is 5. The lowest BCUT2D eigenvalue weighted by Gasteiger charge is -2.19. The van der Waals surface area contributed by atoms with Crippen LogP contribution in [-0.4, -0.2) is 35.7 Å². The summed E-state index contributed by atoms with van der Waals surface area (Å²) in [5.41, 5.74) is 1.61. The monoisotopic (exact) mass is 285 g/mol. The van der Waals surface area contributed by atoms with Crippen molar-refractivity contribution in [1.82, 2.24) is 0 Å². The molecule has 5 heteroatoms. The van der Waals surface area contributed by atoms with Gasteiger partial charge in [-0.05, 0) is 24.3 Å². The number of aromatic carboxylic acids is 1. The van der Waals surface area contributed by atoms with Crippen LogP contribution in [0.15, 0.2) is 48.5 Å². The van der Waals surface area contributed by atoms with E-state index in [1.165, 1.54) is 24.3 Å². The topological polar surface area (TPSA) is 77.8 Å². The summed E-state index contributed by atoms with van der Waals surface area (Å²) in [6.07, 6.45) is 0. The van der Waals surface area contributed by atoms with Crippen LogP contribution in [0.3, 0.4) is 0 Å². The van der Waals surface area contributed by atoms with Crippen LogP contribution in [0.1, 0.15) is 26.3 Å². The van der Waals surface area contributed by atoms with E-state index in [0.717, 1.165) is 0 Å². The molecule has 2 rings (SSSR count). The average Bonchev–Trinajstić information content (AvgIpc) is 2.53. The number of hydrogen-bond acceptors (Lipinski definition) is 4. The highest BCUT2D eigenvalue weighted by Crippen LogP contribution is 2.22. The van der Waals surface area contributed by atoms with Crippen molar-refractivity contribution in [3.63, 3.8) is 0 Å². The molecule has 2 aromatic rings. The maximum absolute atomic E-state index is 12.5. The first-order valence-electron chi connectivity index (χ1n) is 6.33. The number of hydrogen-bond donors (Lipinski definition) is 2. The third-order valence-corrected chi connectivity index (χ3v) is 3.17. The summed E-state index contributed by atoms with van der Waals surface area (Å²) in [6.45, 7) is -0.206. The second-order valence-electron chi connectivity index (χ2n) is 4.57. The molecular weight excluding hydrogens is 270 g/mol. The van der Waals surface area contributed by atoms with Gasteiger partial charge in [-0.25, -0.2) is 4.79 Å². The molecule has 5 nitrogen and oxygen atoms in total. The van der Waals surface area contributed by atoms with E-state index in [2.05, 4.69) is 0 Å². The minimum atomic E-state index is -1.03. The second kappa shape index (κ2) is 6.19. The molecule has 0 unspecified atom stereocenters. The number of carbonyl (C=O) groups is 2. The Labute approximate surface area is 122 Å². The van der Waals surface area contributed by atoms with E-state index in [1.807, 2.05) is 0 Å². The van der Waals surface area contributed by atoms with Crippen LogP contribution in [0.4, 0.5) is 5.69 Å². The molecule has 2 N–H and O–H groups in total. The molecule has 21 heavy (non-hydrogen) atoms. The van der Waals surface area contributed by atoms with Gasteiger partial charge in [0.2, 0.25) is 0 Å².